The van der Waals surface area contributed by atoms with Gasteiger partial charge in [0.25, 0.3) is 0 Å². The Morgan fingerprint density at radius 2 is 2.05 bits per heavy atom. The van der Waals surface area contributed by atoms with Crippen molar-refractivity contribution < 1.29 is 9.53 Å². The molecule has 0 heterocycles. The number of para-hydroxylation sites is 1. The van der Waals surface area contributed by atoms with Gasteiger partial charge in [0.05, 0.1) is 13.0 Å². The molecule has 1 amide bonds. The Morgan fingerprint density at radius 3 is 2.63 bits per heavy atom. The summed E-state index contributed by atoms with van der Waals surface area (Å²) in [7, 11) is 0. The Kier molecular flexibility index (Phi) is 6.67. The summed E-state index contributed by atoms with van der Waals surface area (Å²) in [6.07, 6.45) is 2.74. The summed E-state index contributed by atoms with van der Waals surface area (Å²) in [5.74, 6) is 1.41. The molecular formula is C14H21ClN2O2. The third-order valence-electron chi connectivity index (χ3n) is 3.13. The molecule has 106 valence electrons. The van der Waals surface area contributed by atoms with Gasteiger partial charge in [-0.25, -0.2) is 0 Å². The maximum atomic E-state index is 11.7. The second kappa shape index (κ2) is 8.02. The zero-order valence-corrected chi connectivity index (χ0v) is 11.7. The molecule has 5 heteroatoms. The van der Waals surface area contributed by atoms with Crippen molar-refractivity contribution in [3.63, 3.8) is 0 Å². The lowest BCUT2D eigenvalue weighted by molar-refractivity contribution is -0.122. The molecule has 1 aliphatic rings. The van der Waals surface area contributed by atoms with Crippen LogP contribution in [0.3, 0.4) is 0 Å². The van der Waals surface area contributed by atoms with E-state index in [1.54, 1.807) is 0 Å². The Morgan fingerprint density at radius 1 is 1.37 bits per heavy atom. The van der Waals surface area contributed by atoms with E-state index < -0.39 is 0 Å². The van der Waals surface area contributed by atoms with Crippen molar-refractivity contribution in [3.05, 3.63) is 30.3 Å². The highest BCUT2D eigenvalue weighted by Gasteiger charge is 2.30. The molecule has 1 fully saturated rings. The van der Waals surface area contributed by atoms with Crippen LogP contribution in [0.1, 0.15) is 19.3 Å². The van der Waals surface area contributed by atoms with E-state index in [0.29, 0.717) is 25.5 Å². The van der Waals surface area contributed by atoms with Crippen molar-refractivity contribution in [3.8, 4) is 5.75 Å². The lowest BCUT2D eigenvalue weighted by Gasteiger charge is -2.16. The minimum atomic E-state index is 0. The van der Waals surface area contributed by atoms with Crippen LogP contribution in [0.15, 0.2) is 30.3 Å². The van der Waals surface area contributed by atoms with Crippen LogP contribution in [0.2, 0.25) is 0 Å². The Bertz CT molecular complexity index is 382. The molecule has 1 aromatic rings. The van der Waals surface area contributed by atoms with Gasteiger partial charge in [0.15, 0.2) is 0 Å². The molecule has 2 rings (SSSR count). The predicted octanol–water partition coefficient (Wildman–Crippen LogP) is 1.73. The van der Waals surface area contributed by atoms with Gasteiger partial charge in [-0.15, -0.1) is 12.4 Å². The summed E-state index contributed by atoms with van der Waals surface area (Å²) >= 11 is 0. The van der Waals surface area contributed by atoms with E-state index >= 15 is 0 Å². The first-order valence-electron chi connectivity index (χ1n) is 6.47. The minimum absolute atomic E-state index is 0. The third-order valence-corrected chi connectivity index (χ3v) is 3.13. The van der Waals surface area contributed by atoms with Crippen LogP contribution in [-0.2, 0) is 4.79 Å². The van der Waals surface area contributed by atoms with E-state index in [2.05, 4.69) is 5.32 Å². The zero-order valence-electron chi connectivity index (χ0n) is 10.9. The number of nitrogens with one attached hydrogen (secondary N) is 1. The van der Waals surface area contributed by atoms with E-state index in [4.69, 9.17) is 10.5 Å². The first-order chi connectivity index (χ1) is 8.79. The maximum Gasteiger partial charge on any atom is 0.223 e. The number of rotatable bonds is 7. The van der Waals surface area contributed by atoms with Crippen molar-refractivity contribution in [2.45, 2.75) is 25.3 Å². The molecule has 4 nitrogen and oxygen atoms in total. The maximum absolute atomic E-state index is 11.7. The molecule has 0 aliphatic heterocycles. The Labute approximate surface area is 120 Å². The summed E-state index contributed by atoms with van der Waals surface area (Å²) in [6, 6.07) is 9.66. The molecule has 1 aromatic carbocycles. The van der Waals surface area contributed by atoms with Crippen LogP contribution in [-0.4, -0.2) is 25.1 Å². The molecule has 1 unspecified atom stereocenters. The Hall–Kier alpha value is -1.26. The van der Waals surface area contributed by atoms with Crippen molar-refractivity contribution in [1.29, 1.82) is 0 Å². The molecule has 19 heavy (non-hydrogen) atoms. The molecule has 0 bridgehead atoms. The third kappa shape index (κ3) is 5.49. The summed E-state index contributed by atoms with van der Waals surface area (Å²) in [5, 5.41) is 2.97. The average molecular weight is 285 g/mol. The highest BCUT2D eigenvalue weighted by atomic mass is 35.5. The lowest BCUT2D eigenvalue weighted by Crippen LogP contribution is -2.42. The molecule has 0 saturated heterocycles. The highest BCUT2D eigenvalue weighted by Crippen LogP contribution is 2.32. The fourth-order valence-electron chi connectivity index (χ4n) is 1.93. The topological polar surface area (TPSA) is 64.3 Å². The molecule has 0 aromatic heterocycles. The summed E-state index contributed by atoms with van der Waals surface area (Å²) in [5.41, 5.74) is 5.64. The fraction of sp³-hybridized carbons (Fsp3) is 0.500. The van der Waals surface area contributed by atoms with Crippen molar-refractivity contribution >= 4 is 18.3 Å². The van der Waals surface area contributed by atoms with Crippen LogP contribution in [0.25, 0.3) is 0 Å². The minimum Gasteiger partial charge on any atom is -0.493 e. The van der Waals surface area contributed by atoms with Crippen LogP contribution < -0.4 is 15.8 Å². The first kappa shape index (κ1) is 15.8. The number of halogens is 1. The number of carbonyl (C=O) groups is 1. The number of carbonyl (C=O) groups excluding carboxylic acids is 1. The van der Waals surface area contributed by atoms with Gasteiger partial charge >= 0.3 is 0 Å². The number of hydrogen-bond acceptors (Lipinski definition) is 3. The molecule has 1 saturated carbocycles. The van der Waals surface area contributed by atoms with Crippen LogP contribution in [0.5, 0.6) is 5.75 Å². The molecule has 0 radical (unpaired) electrons. The molecule has 3 N–H and O–H groups in total. The van der Waals surface area contributed by atoms with Gasteiger partial charge in [-0.2, -0.15) is 0 Å². The SMILES string of the molecule is Cl.NCC(NC(=O)CCOc1ccccc1)C1CC1. The Balaban J connectivity index is 0.00000180. The van der Waals surface area contributed by atoms with E-state index in [1.807, 2.05) is 30.3 Å². The van der Waals surface area contributed by atoms with E-state index in [0.717, 1.165) is 5.75 Å². The zero-order chi connectivity index (χ0) is 12.8. The van der Waals surface area contributed by atoms with Crippen LogP contribution in [0.4, 0.5) is 0 Å². The van der Waals surface area contributed by atoms with Gasteiger partial charge in [-0.1, -0.05) is 18.2 Å². The van der Waals surface area contributed by atoms with Crippen LogP contribution >= 0.6 is 12.4 Å². The summed E-state index contributed by atoms with van der Waals surface area (Å²) in [4.78, 5) is 11.7. The fourth-order valence-corrected chi connectivity index (χ4v) is 1.93. The van der Waals surface area contributed by atoms with Crippen molar-refractivity contribution in [2.24, 2.45) is 11.7 Å². The molecule has 1 atom stereocenters. The largest absolute Gasteiger partial charge is 0.493 e. The number of hydrogen-bond donors (Lipinski definition) is 2. The van der Waals surface area contributed by atoms with Gasteiger partial charge in [0, 0.05) is 12.6 Å². The highest BCUT2D eigenvalue weighted by molar-refractivity contribution is 5.85. The van der Waals surface area contributed by atoms with Crippen molar-refractivity contribution in [2.75, 3.05) is 13.2 Å². The number of nitrogens with two attached hydrogens (primary N) is 1. The van der Waals surface area contributed by atoms with E-state index in [9.17, 15) is 4.79 Å². The second-order valence-corrected chi connectivity index (χ2v) is 4.66. The number of amides is 1. The molecular weight excluding hydrogens is 264 g/mol. The standard InChI is InChI=1S/C14H20N2O2.ClH/c15-10-13(11-6-7-11)16-14(17)8-9-18-12-4-2-1-3-5-12;/h1-5,11,13H,6-10,15H2,(H,16,17);1H. The first-order valence-corrected chi connectivity index (χ1v) is 6.47. The number of benzene rings is 1. The van der Waals surface area contributed by atoms with Gasteiger partial charge in [0.1, 0.15) is 5.75 Å². The average Bonchev–Trinajstić information content (AvgIpc) is 3.21. The van der Waals surface area contributed by atoms with Gasteiger partial charge in [0.2, 0.25) is 5.91 Å². The number of ether oxygens (including phenoxy) is 1. The second-order valence-electron chi connectivity index (χ2n) is 4.66. The van der Waals surface area contributed by atoms with Gasteiger partial charge in [-0.3, -0.25) is 4.79 Å². The summed E-state index contributed by atoms with van der Waals surface area (Å²) in [6.45, 7) is 0.924. The van der Waals surface area contributed by atoms with Gasteiger partial charge < -0.3 is 15.8 Å². The molecule has 1 aliphatic carbocycles. The van der Waals surface area contributed by atoms with Crippen LogP contribution in [0, 0.1) is 5.92 Å². The molecule has 0 spiro atoms. The monoisotopic (exact) mass is 284 g/mol. The quantitative estimate of drug-likeness (QED) is 0.801. The van der Waals surface area contributed by atoms with E-state index in [1.165, 1.54) is 12.8 Å². The smallest absolute Gasteiger partial charge is 0.223 e. The van der Waals surface area contributed by atoms with E-state index in [-0.39, 0.29) is 24.4 Å². The normalized spacial score (nSPS) is 15.2. The van der Waals surface area contributed by atoms with Crippen molar-refractivity contribution in [1.82, 2.24) is 5.32 Å². The van der Waals surface area contributed by atoms with Gasteiger partial charge in [-0.05, 0) is 30.9 Å². The lowest BCUT2D eigenvalue weighted by atomic mass is 10.2. The summed E-state index contributed by atoms with van der Waals surface area (Å²) < 4.78 is 5.48. The predicted molar refractivity (Wildman–Crippen MR) is 77.5 cm³/mol.